The van der Waals surface area contributed by atoms with Crippen molar-refractivity contribution in [2.24, 2.45) is 0 Å². The average Bonchev–Trinajstić information content (AvgIpc) is 2.69. The van der Waals surface area contributed by atoms with E-state index in [1.165, 1.54) is 13.2 Å². The first-order valence-electron chi connectivity index (χ1n) is 4.98. The Labute approximate surface area is 96.9 Å². The summed E-state index contributed by atoms with van der Waals surface area (Å²) in [7, 11) is 1.50. The summed E-state index contributed by atoms with van der Waals surface area (Å²) in [5.41, 5.74) is 0.905. The van der Waals surface area contributed by atoms with Gasteiger partial charge in [0.05, 0.1) is 7.11 Å². The van der Waals surface area contributed by atoms with Crippen molar-refractivity contribution >= 4 is 15.9 Å². The number of ether oxygens (including phenoxy) is 1. The number of hydrogen-bond acceptors (Lipinski definition) is 2. The fourth-order valence-electron chi connectivity index (χ4n) is 2.00. The standard InChI is InChI=1S/C11H13BrFNO/c1-15-11-8(10-3-2-4-14-10)5-7(12)6-9(11)13/h5-6,10,14H,2-4H2,1H3. The molecule has 2 nitrogen and oxygen atoms in total. The lowest BCUT2D eigenvalue weighted by Crippen LogP contribution is -2.14. The van der Waals surface area contributed by atoms with E-state index in [1.54, 1.807) is 0 Å². The van der Waals surface area contributed by atoms with E-state index in [0.717, 1.165) is 29.4 Å². The average molecular weight is 274 g/mol. The quantitative estimate of drug-likeness (QED) is 0.895. The van der Waals surface area contributed by atoms with Crippen LogP contribution in [0.4, 0.5) is 4.39 Å². The molecule has 1 saturated heterocycles. The van der Waals surface area contributed by atoms with Crippen LogP contribution in [0.25, 0.3) is 0 Å². The fraction of sp³-hybridized carbons (Fsp3) is 0.455. The minimum Gasteiger partial charge on any atom is -0.493 e. The zero-order chi connectivity index (χ0) is 10.8. The first kappa shape index (κ1) is 10.9. The van der Waals surface area contributed by atoms with Crippen molar-refractivity contribution in [3.8, 4) is 5.75 Å². The van der Waals surface area contributed by atoms with Crippen LogP contribution < -0.4 is 10.1 Å². The van der Waals surface area contributed by atoms with Crippen LogP contribution in [0.1, 0.15) is 24.4 Å². The summed E-state index contributed by atoms with van der Waals surface area (Å²) in [6.07, 6.45) is 2.16. The maximum absolute atomic E-state index is 13.6. The highest BCUT2D eigenvalue weighted by atomic mass is 79.9. The fourth-order valence-corrected chi connectivity index (χ4v) is 2.45. The summed E-state index contributed by atoms with van der Waals surface area (Å²) in [6, 6.07) is 3.56. The normalized spacial score (nSPS) is 20.6. The molecule has 1 fully saturated rings. The van der Waals surface area contributed by atoms with Gasteiger partial charge in [-0.2, -0.15) is 0 Å². The number of rotatable bonds is 2. The number of halogens is 2. The van der Waals surface area contributed by atoms with E-state index in [2.05, 4.69) is 21.2 Å². The van der Waals surface area contributed by atoms with Gasteiger partial charge in [0.25, 0.3) is 0 Å². The van der Waals surface area contributed by atoms with E-state index >= 15 is 0 Å². The molecule has 1 aromatic rings. The van der Waals surface area contributed by atoms with Gasteiger partial charge >= 0.3 is 0 Å². The van der Waals surface area contributed by atoms with E-state index in [1.807, 2.05) is 6.07 Å². The van der Waals surface area contributed by atoms with Gasteiger partial charge in [0.2, 0.25) is 0 Å². The Morgan fingerprint density at radius 1 is 1.53 bits per heavy atom. The van der Waals surface area contributed by atoms with Crippen LogP contribution in [0.3, 0.4) is 0 Å². The molecular formula is C11H13BrFNO. The van der Waals surface area contributed by atoms with Crippen molar-refractivity contribution in [1.82, 2.24) is 5.32 Å². The van der Waals surface area contributed by atoms with E-state index in [0.29, 0.717) is 5.75 Å². The summed E-state index contributed by atoms with van der Waals surface area (Å²) < 4.78 is 19.4. The number of hydrogen-bond donors (Lipinski definition) is 1. The van der Waals surface area contributed by atoms with Gasteiger partial charge in [0.1, 0.15) is 0 Å². The predicted molar refractivity (Wildman–Crippen MR) is 60.6 cm³/mol. The molecule has 1 aliphatic rings. The Bertz CT molecular complexity index is 364. The van der Waals surface area contributed by atoms with Crippen LogP contribution in [-0.4, -0.2) is 13.7 Å². The molecule has 15 heavy (non-hydrogen) atoms. The molecule has 0 radical (unpaired) electrons. The van der Waals surface area contributed by atoms with Gasteiger partial charge in [-0.25, -0.2) is 4.39 Å². The van der Waals surface area contributed by atoms with Crippen LogP contribution in [0.5, 0.6) is 5.75 Å². The second-order valence-corrected chi connectivity index (χ2v) is 4.57. The smallest absolute Gasteiger partial charge is 0.166 e. The van der Waals surface area contributed by atoms with Gasteiger partial charge in [-0.15, -0.1) is 0 Å². The Balaban J connectivity index is 2.42. The lowest BCUT2D eigenvalue weighted by atomic mass is 10.0. The lowest BCUT2D eigenvalue weighted by molar-refractivity contribution is 0.375. The van der Waals surface area contributed by atoms with Crippen LogP contribution >= 0.6 is 15.9 Å². The van der Waals surface area contributed by atoms with Crippen molar-refractivity contribution < 1.29 is 9.13 Å². The van der Waals surface area contributed by atoms with Gasteiger partial charge in [0.15, 0.2) is 11.6 Å². The number of methoxy groups -OCH3 is 1. The van der Waals surface area contributed by atoms with Gasteiger partial charge in [0, 0.05) is 16.1 Å². The molecule has 0 aromatic heterocycles. The molecule has 2 rings (SSSR count). The van der Waals surface area contributed by atoms with Crippen LogP contribution in [0.15, 0.2) is 16.6 Å². The highest BCUT2D eigenvalue weighted by Crippen LogP contribution is 2.35. The molecule has 0 saturated carbocycles. The Morgan fingerprint density at radius 2 is 2.33 bits per heavy atom. The van der Waals surface area contributed by atoms with Gasteiger partial charge in [-0.1, -0.05) is 15.9 Å². The van der Waals surface area contributed by atoms with Crippen molar-refractivity contribution in [3.63, 3.8) is 0 Å². The van der Waals surface area contributed by atoms with E-state index in [4.69, 9.17) is 4.74 Å². The highest BCUT2D eigenvalue weighted by Gasteiger charge is 2.22. The van der Waals surface area contributed by atoms with Gasteiger partial charge in [-0.3, -0.25) is 0 Å². The van der Waals surface area contributed by atoms with E-state index < -0.39 is 0 Å². The molecule has 0 bridgehead atoms. The third kappa shape index (κ3) is 2.16. The van der Waals surface area contributed by atoms with E-state index in [-0.39, 0.29) is 11.9 Å². The molecule has 4 heteroatoms. The molecule has 1 aromatic carbocycles. The third-order valence-corrected chi connectivity index (χ3v) is 3.13. The largest absolute Gasteiger partial charge is 0.493 e. The highest BCUT2D eigenvalue weighted by molar-refractivity contribution is 9.10. The van der Waals surface area contributed by atoms with Gasteiger partial charge < -0.3 is 10.1 Å². The van der Waals surface area contributed by atoms with Gasteiger partial charge in [-0.05, 0) is 31.5 Å². The Hall–Kier alpha value is -0.610. The van der Waals surface area contributed by atoms with Crippen LogP contribution in [0, 0.1) is 5.82 Å². The lowest BCUT2D eigenvalue weighted by Gasteiger charge is -2.16. The molecule has 1 atom stereocenters. The predicted octanol–water partition coefficient (Wildman–Crippen LogP) is 3.02. The van der Waals surface area contributed by atoms with Crippen molar-refractivity contribution in [3.05, 3.63) is 28.0 Å². The van der Waals surface area contributed by atoms with Crippen molar-refractivity contribution in [2.45, 2.75) is 18.9 Å². The summed E-state index contributed by atoms with van der Waals surface area (Å²) in [5.74, 6) is 0.0492. The Morgan fingerprint density at radius 3 is 2.93 bits per heavy atom. The van der Waals surface area contributed by atoms with E-state index in [9.17, 15) is 4.39 Å². The summed E-state index contributed by atoms with van der Waals surface area (Å²) in [4.78, 5) is 0. The molecule has 1 aliphatic heterocycles. The summed E-state index contributed by atoms with van der Waals surface area (Å²) >= 11 is 3.30. The summed E-state index contributed by atoms with van der Waals surface area (Å²) in [5, 5.41) is 3.33. The second-order valence-electron chi connectivity index (χ2n) is 3.66. The topological polar surface area (TPSA) is 21.3 Å². The molecule has 1 unspecified atom stereocenters. The number of nitrogens with one attached hydrogen (secondary N) is 1. The SMILES string of the molecule is COc1c(F)cc(Br)cc1C1CCCN1. The monoisotopic (exact) mass is 273 g/mol. The van der Waals surface area contributed by atoms with Crippen molar-refractivity contribution in [2.75, 3.05) is 13.7 Å². The molecule has 0 amide bonds. The first-order chi connectivity index (χ1) is 7.22. The van der Waals surface area contributed by atoms with Crippen molar-refractivity contribution in [1.29, 1.82) is 0 Å². The molecule has 1 N–H and O–H groups in total. The minimum absolute atomic E-state index is 0.215. The third-order valence-electron chi connectivity index (χ3n) is 2.68. The minimum atomic E-state index is -0.310. The number of benzene rings is 1. The molecule has 1 heterocycles. The molecule has 0 spiro atoms. The maximum Gasteiger partial charge on any atom is 0.166 e. The maximum atomic E-state index is 13.6. The Kier molecular flexibility index (Phi) is 3.26. The first-order valence-corrected chi connectivity index (χ1v) is 5.78. The second kappa shape index (κ2) is 4.49. The zero-order valence-corrected chi connectivity index (χ0v) is 10.1. The summed E-state index contributed by atoms with van der Waals surface area (Å²) in [6.45, 7) is 0.988. The molecule has 0 aliphatic carbocycles. The van der Waals surface area contributed by atoms with Crippen LogP contribution in [-0.2, 0) is 0 Å². The zero-order valence-electron chi connectivity index (χ0n) is 8.52. The molecular weight excluding hydrogens is 261 g/mol. The van der Waals surface area contributed by atoms with Crippen LogP contribution in [0.2, 0.25) is 0 Å². The molecule has 82 valence electrons.